The van der Waals surface area contributed by atoms with E-state index in [0.29, 0.717) is 35.7 Å². The van der Waals surface area contributed by atoms with Gasteiger partial charge in [0.15, 0.2) is 0 Å². The minimum atomic E-state index is -0.963. The predicted molar refractivity (Wildman–Crippen MR) is 152 cm³/mol. The molecule has 0 aromatic heterocycles. The first-order valence-corrected chi connectivity index (χ1v) is 15.6. The largest absolute Gasteiger partial charge is 0.494 e. The Hall–Kier alpha value is -2.31. The standard InChI is InChI=1S/C33H49NO6/c1-19(18-34-21(3)35)6-9-27-20(2)31-28(40-27)17-26-24-8-7-22-16-23(39-30(38)11-10-29(36)37)12-14-32(22,4)25(24)13-15-33(26,31)5/h7,19,23-26,28,31H,6,8-18H2,1-5H3,(H,34,35)(H,36,37). The number of allylic oxidation sites excluding steroid dienone is 2. The molecule has 0 spiro atoms. The van der Waals surface area contributed by atoms with Crippen LogP contribution in [-0.2, 0) is 23.9 Å². The molecule has 40 heavy (non-hydrogen) atoms. The second-order valence-corrected chi connectivity index (χ2v) is 14.1. The van der Waals surface area contributed by atoms with E-state index >= 15 is 0 Å². The quantitative estimate of drug-likeness (QED) is 0.260. The van der Waals surface area contributed by atoms with E-state index in [9.17, 15) is 14.4 Å². The minimum absolute atomic E-state index is 0.0338. The lowest BCUT2D eigenvalue weighted by Gasteiger charge is -2.58. The van der Waals surface area contributed by atoms with Gasteiger partial charge in [0, 0.05) is 32.2 Å². The summed E-state index contributed by atoms with van der Waals surface area (Å²) in [5, 5.41) is 11.8. The van der Waals surface area contributed by atoms with Crippen LogP contribution >= 0.6 is 0 Å². The third-order valence-corrected chi connectivity index (χ3v) is 11.7. The molecule has 9 unspecified atom stereocenters. The number of fused-ring (bicyclic) bond motifs is 7. The minimum Gasteiger partial charge on any atom is -0.494 e. The fourth-order valence-electron chi connectivity index (χ4n) is 9.56. The summed E-state index contributed by atoms with van der Waals surface area (Å²) in [7, 11) is 0. The first kappa shape index (κ1) is 29.2. The van der Waals surface area contributed by atoms with E-state index in [0.717, 1.165) is 51.5 Å². The molecule has 7 nitrogen and oxygen atoms in total. The molecule has 0 radical (unpaired) electrons. The number of nitrogens with one attached hydrogen (secondary N) is 1. The van der Waals surface area contributed by atoms with Gasteiger partial charge in [-0.3, -0.25) is 14.4 Å². The molecule has 0 bridgehead atoms. The van der Waals surface area contributed by atoms with Gasteiger partial charge < -0.3 is 19.9 Å². The highest BCUT2D eigenvalue weighted by Gasteiger charge is 2.63. The van der Waals surface area contributed by atoms with E-state index in [1.807, 2.05) is 0 Å². The maximum atomic E-state index is 12.2. The average molecular weight is 556 g/mol. The number of hydrogen-bond acceptors (Lipinski definition) is 5. The Labute approximate surface area is 239 Å². The third kappa shape index (κ3) is 5.34. The fourth-order valence-corrected chi connectivity index (χ4v) is 9.56. The second-order valence-electron chi connectivity index (χ2n) is 14.1. The van der Waals surface area contributed by atoms with Crippen molar-refractivity contribution in [2.75, 3.05) is 6.54 Å². The van der Waals surface area contributed by atoms with E-state index in [-0.39, 0.29) is 41.7 Å². The monoisotopic (exact) mass is 555 g/mol. The highest BCUT2D eigenvalue weighted by atomic mass is 16.5. The summed E-state index contributed by atoms with van der Waals surface area (Å²) in [5.41, 5.74) is 3.37. The summed E-state index contributed by atoms with van der Waals surface area (Å²) in [5.74, 6) is 2.83. The molecule has 0 aromatic carbocycles. The first-order chi connectivity index (χ1) is 18.9. The molecule has 0 aromatic rings. The number of carbonyl (C=O) groups is 3. The summed E-state index contributed by atoms with van der Waals surface area (Å²) in [6.07, 6.45) is 11.8. The van der Waals surface area contributed by atoms with E-state index < -0.39 is 5.97 Å². The number of hydrogen-bond donors (Lipinski definition) is 2. The van der Waals surface area contributed by atoms with E-state index in [1.54, 1.807) is 6.92 Å². The molecule has 3 fully saturated rings. The number of carbonyl (C=O) groups excluding carboxylic acids is 2. The normalized spacial score (nSPS) is 38.7. The average Bonchev–Trinajstić information content (AvgIpc) is 3.38. The van der Waals surface area contributed by atoms with Crippen LogP contribution < -0.4 is 5.32 Å². The lowest BCUT2D eigenvalue weighted by molar-refractivity contribution is -0.154. The Bertz CT molecular complexity index is 1090. The highest BCUT2D eigenvalue weighted by Crippen LogP contribution is 2.69. The Morgan fingerprint density at radius 1 is 1.18 bits per heavy atom. The van der Waals surface area contributed by atoms with E-state index in [2.05, 4.69) is 39.1 Å². The third-order valence-electron chi connectivity index (χ3n) is 11.7. The molecule has 0 saturated heterocycles. The van der Waals surface area contributed by atoms with Crippen molar-refractivity contribution in [2.45, 2.75) is 117 Å². The van der Waals surface area contributed by atoms with Gasteiger partial charge in [0.05, 0.1) is 18.6 Å². The Morgan fingerprint density at radius 2 is 1.95 bits per heavy atom. The summed E-state index contributed by atoms with van der Waals surface area (Å²) in [4.78, 5) is 34.3. The van der Waals surface area contributed by atoms with Crippen LogP contribution in [0.25, 0.3) is 0 Å². The zero-order chi connectivity index (χ0) is 28.8. The van der Waals surface area contributed by atoms with Crippen LogP contribution in [0.3, 0.4) is 0 Å². The van der Waals surface area contributed by atoms with Crippen molar-refractivity contribution in [3.63, 3.8) is 0 Å². The molecule has 7 heteroatoms. The van der Waals surface area contributed by atoms with Crippen molar-refractivity contribution in [3.8, 4) is 0 Å². The van der Waals surface area contributed by atoms with Gasteiger partial charge in [0.1, 0.15) is 12.2 Å². The molecular formula is C33H49NO6. The molecule has 3 saturated carbocycles. The van der Waals surface area contributed by atoms with E-state index in [1.165, 1.54) is 29.7 Å². The molecule has 2 N–H and O–H groups in total. The molecular weight excluding hydrogens is 506 g/mol. The van der Waals surface area contributed by atoms with Gasteiger partial charge >= 0.3 is 11.9 Å². The number of carboxylic acids is 1. The molecule has 1 heterocycles. The van der Waals surface area contributed by atoms with Crippen molar-refractivity contribution in [1.29, 1.82) is 0 Å². The molecule has 222 valence electrons. The molecule has 9 atom stereocenters. The summed E-state index contributed by atoms with van der Waals surface area (Å²) in [6, 6.07) is 0. The van der Waals surface area contributed by atoms with Crippen LogP contribution in [0.4, 0.5) is 0 Å². The predicted octanol–water partition coefficient (Wildman–Crippen LogP) is 6.18. The van der Waals surface area contributed by atoms with Gasteiger partial charge in [-0.25, -0.2) is 0 Å². The molecule has 5 rings (SSSR count). The number of amides is 1. The Kier molecular flexibility index (Phi) is 8.15. The zero-order valence-electron chi connectivity index (χ0n) is 25.1. The number of rotatable bonds is 9. The smallest absolute Gasteiger partial charge is 0.306 e. The van der Waals surface area contributed by atoms with Gasteiger partial charge in [-0.2, -0.15) is 0 Å². The van der Waals surface area contributed by atoms with Gasteiger partial charge in [0.25, 0.3) is 0 Å². The van der Waals surface area contributed by atoms with Crippen molar-refractivity contribution >= 4 is 17.8 Å². The summed E-state index contributed by atoms with van der Waals surface area (Å²) in [6.45, 7) is 11.8. The topological polar surface area (TPSA) is 102 Å². The number of esters is 1. The number of aliphatic carboxylic acids is 1. The lowest BCUT2D eigenvalue weighted by Crippen LogP contribution is -2.50. The summed E-state index contributed by atoms with van der Waals surface area (Å²) < 4.78 is 12.4. The molecule has 1 amide bonds. The van der Waals surface area contributed by atoms with Crippen LogP contribution in [0.2, 0.25) is 0 Å². The Morgan fingerprint density at radius 3 is 2.67 bits per heavy atom. The zero-order valence-corrected chi connectivity index (χ0v) is 25.1. The SMILES string of the molecule is CC(=O)NCC(C)CCC1=C(C)C2C(CC3C4CC=C5CC(OC(=O)CCC(=O)O)CCC5(C)C4CCC32C)O1. The van der Waals surface area contributed by atoms with Gasteiger partial charge in [-0.05, 0) is 91.9 Å². The maximum absolute atomic E-state index is 12.2. The second kappa shape index (κ2) is 11.2. The van der Waals surface area contributed by atoms with Crippen molar-refractivity contribution < 1.29 is 29.0 Å². The number of ether oxygens (including phenoxy) is 2. The molecule has 4 aliphatic carbocycles. The Balaban J connectivity index is 1.24. The highest BCUT2D eigenvalue weighted by molar-refractivity contribution is 5.76. The maximum Gasteiger partial charge on any atom is 0.306 e. The van der Waals surface area contributed by atoms with Crippen LogP contribution in [0, 0.1) is 40.4 Å². The molecule has 5 aliphatic rings. The summed E-state index contributed by atoms with van der Waals surface area (Å²) >= 11 is 0. The molecule has 1 aliphatic heterocycles. The van der Waals surface area contributed by atoms with Gasteiger partial charge in [0.2, 0.25) is 5.91 Å². The van der Waals surface area contributed by atoms with Crippen LogP contribution in [0.5, 0.6) is 0 Å². The van der Waals surface area contributed by atoms with Gasteiger partial charge in [-0.15, -0.1) is 0 Å². The first-order valence-electron chi connectivity index (χ1n) is 15.6. The van der Waals surface area contributed by atoms with Crippen molar-refractivity contribution in [1.82, 2.24) is 5.32 Å². The van der Waals surface area contributed by atoms with Crippen molar-refractivity contribution in [2.24, 2.45) is 40.4 Å². The van der Waals surface area contributed by atoms with E-state index in [4.69, 9.17) is 14.6 Å². The lowest BCUT2D eigenvalue weighted by atomic mass is 9.47. The number of carboxylic acid groups (broad SMARTS) is 1. The van der Waals surface area contributed by atoms with Crippen LogP contribution in [0.15, 0.2) is 23.0 Å². The van der Waals surface area contributed by atoms with Gasteiger partial charge in [-0.1, -0.05) is 32.4 Å². The fraction of sp³-hybridized carbons (Fsp3) is 0.788. The van der Waals surface area contributed by atoms with Crippen molar-refractivity contribution in [3.05, 3.63) is 23.0 Å². The van der Waals surface area contributed by atoms with Crippen LogP contribution in [-0.4, -0.2) is 41.7 Å². The van der Waals surface area contributed by atoms with Crippen LogP contribution in [0.1, 0.15) is 105 Å².